The van der Waals surface area contributed by atoms with Gasteiger partial charge in [0.15, 0.2) is 0 Å². The first kappa shape index (κ1) is 10.7. The molecule has 0 aliphatic carbocycles. The number of fused-ring (bicyclic) bond motifs is 1. The summed E-state index contributed by atoms with van der Waals surface area (Å²) in [6, 6.07) is 6.89. The summed E-state index contributed by atoms with van der Waals surface area (Å²) in [4.78, 5) is 7.74. The fourth-order valence-electron chi connectivity index (χ4n) is 1.33. The molecule has 1 N–H and O–H groups in total. The van der Waals surface area contributed by atoms with Gasteiger partial charge in [-0.05, 0) is 12.1 Å². The van der Waals surface area contributed by atoms with Crippen LogP contribution in [0.25, 0.3) is 10.9 Å². The van der Waals surface area contributed by atoms with Crippen LogP contribution in [0.4, 0.5) is 19.0 Å². The third-order valence-electron chi connectivity index (χ3n) is 2.00. The lowest BCUT2D eigenvalue weighted by molar-refractivity contribution is -0.115. The molecule has 1 aromatic heterocycles. The maximum absolute atomic E-state index is 12.0. The van der Waals surface area contributed by atoms with E-state index in [4.69, 9.17) is 0 Å². The Morgan fingerprint density at radius 1 is 1.12 bits per heavy atom. The van der Waals surface area contributed by atoms with Crippen molar-refractivity contribution in [2.24, 2.45) is 0 Å². The standard InChI is InChI=1S/C10H8F3N3/c11-10(12,13)5-14-9-7-3-1-2-4-8(7)15-6-16-9/h1-4,6H,5H2,(H,14,15,16). The number of alkyl halides is 3. The van der Waals surface area contributed by atoms with Crippen LogP contribution >= 0.6 is 0 Å². The van der Waals surface area contributed by atoms with Crippen molar-refractivity contribution in [1.29, 1.82) is 0 Å². The number of rotatable bonds is 2. The zero-order valence-electron chi connectivity index (χ0n) is 8.12. The Labute approximate surface area is 89.3 Å². The van der Waals surface area contributed by atoms with Gasteiger partial charge in [0, 0.05) is 5.39 Å². The van der Waals surface area contributed by atoms with Crippen molar-refractivity contribution in [2.45, 2.75) is 6.18 Å². The minimum atomic E-state index is -4.26. The summed E-state index contributed by atoms with van der Waals surface area (Å²) in [7, 11) is 0. The van der Waals surface area contributed by atoms with E-state index in [1.165, 1.54) is 6.33 Å². The number of nitrogens with zero attached hydrogens (tertiary/aromatic N) is 2. The van der Waals surface area contributed by atoms with E-state index >= 15 is 0 Å². The van der Waals surface area contributed by atoms with Crippen molar-refractivity contribution in [1.82, 2.24) is 9.97 Å². The maximum atomic E-state index is 12.0. The molecule has 6 heteroatoms. The molecular formula is C10H8F3N3. The number of anilines is 1. The molecule has 16 heavy (non-hydrogen) atoms. The van der Waals surface area contributed by atoms with Crippen molar-refractivity contribution in [2.75, 3.05) is 11.9 Å². The summed E-state index contributed by atoms with van der Waals surface area (Å²) in [6.07, 6.45) is -3.02. The predicted octanol–water partition coefficient (Wildman–Crippen LogP) is 2.60. The molecule has 0 bridgehead atoms. The van der Waals surface area contributed by atoms with E-state index in [0.29, 0.717) is 10.9 Å². The van der Waals surface area contributed by atoms with Gasteiger partial charge in [0.25, 0.3) is 0 Å². The SMILES string of the molecule is FC(F)(F)CNc1ncnc2ccccc12. The Balaban J connectivity index is 2.30. The monoisotopic (exact) mass is 227 g/mol. The first-order valence-electron chi connectivity index (χ1n) is 4.57. The summed E-state index contributed by atoms with van der Waals surface area (Å²) in [5.74, 6) is 0.197. The number of halogens is 3. The summed E-state index contributed by atoms with van der Waals surface area (Å²) in [5.41, 5.74) is 0.613. The van der Waals surface area contributed by atoms with Crippen LogP contribution in [0.3, 0.4) is 0 Å². The summed E-state index contributed by atoms with van der Waals surface area (Å²) in [5, 5.41) is 2.83. The molecule has 0 unspecified atom stereocenters. The second-order valence-corrected chi connectivity index (χ2v) is 3.21. The largest absolute Gasteiger partial charge is 0.405 e. The molecule has 0 aliphatic rings. The second-order valence-electron chi connectivity index (χ2n) is 3.21. The molecule has 1 heterocycles. The van der Waals surface area contributed by atoms with Crippen LogP contribution in [0.2, 0.25) is 0 Å². The van der Waals surface area contributed by atoms with E-state index in [1.807, 2.05) is 0 Å². The average Bonchev–Trinajstić information content (AvgIpc) is 2.25. The van der Waals surface area contributed by atoms with Gasteiger partial charge in [-0.1, -0.05) is 12.1 Å². The van der Waals surface area contributed by atoms with Crippen LogP contribution in [0.15, 0.2) is 30.6 Å². The topological polar surface area (TPSA) is 37.8 Å². The Hall–Kier alpha value is -1.85. The molecule has 0 aliphatic heterocycles. The normalized spacial score (nSPS) is 11.7. The molecule has 0 saturated heterocycles. The summed E-state index contributed by atoms with van der Waals surface area (Å²) < 4.78 is 36.1. The highest BCUT2D eigenvalue weighted by atomic mass is 19.4. The van der Waals surface area contributed by atoms with Gasteiger partial charge in [-0.3, -0.25) is 0 Å². The first-order valence-corrected chi connectivity index (χ1v) is 4.57. The zero-order chi connectivity index (χ0) is 11.6. The second kappa shape index (κ2) is 3.96. The van der Waals surface area contributed by atoms with Gasteiger partial charge in [0.1, 0.15) is 18.7 Å². The molecular weight excluding hydrogens is 219 g/mol. The number of benzene rings is 1. The summed E-state index contributed by atoms with van der Waals surface area (Å²) >= 11 is 0. The minimum Gasteiger partial charge on any atom is -0.361 e. The molecule has 2 aromatic rings. The van der Waals surface area contributed by atoms with Crippen LogP contribution < -0.4 is 5.32 Å². The molecule has 0 fully saturated rings. The van der Waals surface area contributed by atoms with Gasteiger partial charge in [0.2, 0.25) is 0 Å². The van der Waals surface area contributed by atoms with Crippen molar-refractivity contribution in [3.8, 4) is 0 Å². The highest BCUT2D eigenvalue weighted by Crippen LogP contribution is 2.20. The summed E-state index contributed by atoms with van der Waals surface area (Å²) in [6.45, 7) is -1.10. The molecule has 0 spiro atoms. The molecule has 0 saturated carbocycles. The third kappa shape index (κ3) is 2.39. The lowest BCUT2D eigenvalue weighted by Gasteiger charge is -2.10. The zero-order valence-corrected chi connectivity index (χ0v) is 8.12. The fourth-order valence-corrected chi connectivity index (χ4v) is 1.33. The maximum Gasteiger partial charge on any atom is 0.405 e. The fraction of sp³-hybridized carbons (Fsp3) is 0.200. The van der Waals surface area contributed by atoms with Crippen LogP contribution in [-0.4, -0.2) is 22.7 Å². The van der Waals surface area contributed by atoms with Gasteiger partial charge >= 0.3 is 6.18 Å². The highest BCUT2D eigenvalue weighted by molar-refractivity contribution is 5.88. The quantitative estimate of drug-likeness (QED) is 0.856. The van der Waals surface area contributed by atoms with Crippen LogP contribution in [0.5, 0.6) is 0 Å². The van der Waals surface area contributed by atoms with Crippen LogP contribution in [0.1, 0.15) is 0 Å². The number of hydrogen-bond acceptors (Lipinski definition) is 3. The Kier molecular flexibility index (Phi) is 2.64. The Morgan fingerprint density at radius 2 is 1.88 bits per heavy atom. The number of hydrogen-bond donors (Lipinski definition) is 1. The van der Waals surface area contributed by atoms with Gasteiger partial charge in [0.05, 0.1) is 5.52 Å². The molecule has 2 rings (SSSR count). The number of aromatic nitrogens is 2. The van der Waals surface area contributed by atoms with Crippen molar-refractivity contribution >= 4 is 16.7 Å². The van der Waals surface area contributed by atoms with Crippen LogP contribution in [-0.2, 0) is 0 Å². The lowest BCUT2D eigenvalue weighted by Crippen LogP contribution is -2.21. The Morgan fingerprint density at radius 3 is 2.62 bits per heavy atom. The highest BCUT2D eigenvalue weighted by Gasteiger charge is 2.27. The van der Waals surface area contributed by atoms with Gasteiger partial charge in [-0.2, -0.15) is 13.2 Å². The van der Waals surface area contributed by atoms with E-state index < -0.39 is 12.7 Å². The predicted molar refractivity (Wildman–Crippen MR) is 54.1 cm³/mol. The van der Waals surface area contributed by atoms with E-state index in [2.05, 4.69) is 15.3 Å². The van der Waals surface area contributed by atoms with Crippen molar-refractivity contribution in [3.05, 3.63) is 30.6 Å². The van der Waals surface area contributed by atoms with E-state index in [-0.39, 0.29) is 5.82 Å². The van der Waals surface area contributed by atoms with Gasteiger partial charge in [-0.15, -0.1) is 0 Å². The van der Waals surface area contributed by atoms with Crippen LogP contribution in [0, 0.1) is 0 Å². The lowest BCUT2D eigenvalue weighted by atomic mass is 10.2. The van der Waals surface area contributed by atoms with Crippen molar-refractivity contribution in [3.63, 3.8) is 0 Å². The molecule has 3 nitrogen and oxygen atoms in total. The number of nitrogens with one attached hydrogen (secondary N) is 1. The molecule has 84 valence electrons. The first-order chi connectivity index (χ1) is 7.56. The average molecular weight is 227 g/mol. The smallest absolute Gasteiger partial charge is 0.361 e. The molecule has 1 aromatic carbocycles. The van der Waals surface area contributed by atoms with E-state index in [9.17, 15) is 13.2 Å². The van der Waals surface area contributed by atoms with E-state index in [0.717, 1.165) is 0 Å². The Bertz CT molecular complexity index is 491. The molecule has 0 atom stereocenters. The molecule has 0 amide bonds. The van der Waals surface area contributed by atoms with Gasteiger partial charge < -0.3 is 5.32 Å². The minimum absolute atomic E-state index is 0.197. The third-order valence-corrected chi connectivity index (χ3v) is 2.00. The van der Waals surface area contributed by atoms with Gasteiger partial charge in [-0.25, -0.2) is 9.97 Å². The van der Waals surface area contributed by atoms with E-state index in [1.54, 1.807) is 24.3 Å². The number of para-hydroxylation sites is 1. The van der Waals surface area contributed by atoms with Crippen molar-refractivity contribution < 1.29 is 13.2 Å². The molecule has 0 radical (unpaired) electrons.